The fourth-order valence-corrected chi connectivity index (χ4v) is 2.27. The Balaban J connectivity index is 2.14. The maximum atomic E-state index is 6.13. The van der Waals surface area contributed by atoms with Crippen molar-refractivity contribution in [3.63, 3.8) is 0 Å². The van der Waals surface area contributed by atoms with Gasteiger partial charge in [-0.1, -0.05) is 11.4 Å². The molecule has 2 aromatic rings. The molecule has 0 fully saturated rings. The summed E-state index contributed by atoms with van der Waals surface area (Å²) in [7, 11) is 1.86. The van der Waals surface area contributed by atoms with Gasteiger partial charge in [-0.2, -0.15) is 5.10 Å². The van der Waals surface area contributed by atoms with Crippen molar-refractivity contribution in [2.24, 2.45) is 12.8 Å². The van der Waals surface area contributed by atoms with Crippen molar-refractivity contribution in [2.75, 3.05) is 0 Å². The Kier molecular flexibility index (Phi) is 3.25. The first-order valence-corrected chi connectivity index (χ1v) is 5.89. The highest BCUT2D eigenvalue weighted by molar-refractivity contribution is 7.05. The Morgan fingerprint density at radius 1 is 1.56 bits per heavy atom. The topological polar surface area (TPSA) is 82.5 Å². The zero-order valence-corrected chi connectivity index (χ0v) is 10.1. The van der Waals surface area contributed by atoms with Crippen LogP contribution in [0.2, 0.25) is 0 Å². The van der Waals surface area contributed by atoms with Gasteiger partial charge in [-0.05, 0) is 18.0 Å². The molecule has 86 valence electrons. The van der Waals surface area contributed by atoms with Gasteiger partial charge in [0.2, 0.25) is 0 Å². The molecular weight excluding hydrogens is 224 g/mol. The maximum Gasteiger partial charge on any atom is 0.138 e. The van der Waals surface area contributed by atoms with E-state index in [1.54, 1.807) is 4.68 Å². The molecule has 2 rings (SSSR count). The van der Waals surface area contributed by atoms with E-state index in [1.807, 2.05) is 7.05 Å². The number of aromatic nitrogens is 5. The highest BCUT2D eigenvalue weighted by Gasteiger charge is 2.16. The summed E-state index contributed by atoms with van der Waals surface area (Å²) in [5, 5.41) is 8.07. The molecule has 0 bridgehead atoms. The van der Waals surface area contributed by atoms with Crippen molar-refractivity contribution in [3.8, 4) is 0 Å². The predicted octanol–water partition coefficient (Wildman–Crippen LogP) is 0.471. The monoisotopic (exact) mass is 238 g/mol. The van der Waals surface area contributed by atoms with Gasteiger partial charge >= 0.3 is 0 Å². The Bertz CT molecular complexity index is 462. The highest BCUT2D eigenvalue weighted by atomic mass is 32.1. The third-order valence-electron chi connectivity index (χ3n) is 2.46. The Morgan fingerprint density at radius 2 is 2.38 bits per heavy atom. The van der Waals surface area contributed by atoms with Crippen LogP contribution in [0.15, 0.2) is 6.33 Å². The molecule has 16 heavy (non-hydrogen) atoms. The van der Waals surface area contributed by atoms with E-state index in [1.165, 1.54) is 17.9 Å². The van der Waals surface area contributed by atoms with Crippen LogP contribution < -0.4 is 5.73 Å². The molecule has 0 amide bonds. The van der Waals surface area contributed by atoms with Crippen molar-refractivity contribution in [1.29, 1.82) is 0 Å². The Hall–Kier alpha value is -1.34. The summed E-state index contributed by atoms with van der Waals surface area (Å²) in [6, 6.07) is -0.0992. The van der Waals surface area contributed by atoms with Gasteiger partial charge in [0.25, 0.3) is 0 Å². The number of nitrogens with zero attached hydrogens (tertiary/aromatic N) is 5. The van der Waals surface area contributed by atoms with Crippen LogP contribution >= 0.6 is 11.5 Å². The zero-order valence-electron chi connectivity index (χ0n) is 9.29. The number of aryl methyl sites for hydroxylation is 2. The second-order valence-electron chi connectivity index (χ2n) is 3.55. The molecule has 0 aromatic carbocycles. The fourth-order valence-electron chi connectivity index (χ4n) is 1.54. The first-order valence-electron chi connectivity index (χ1n) is 5.12. The van der Waals surface area contributed by atoms with Crippen molar-refractivity contribution >= 4 is 11.5 Å². The predicted molar refractivity (Wildman–Crippen MR) is 60.9 cm³/mol. The lowest BCUT2D eigenvalue weighted by Gasteiger charge is -2.09. The van der Waals surface area contributed by atoms with E-state index in [0.717, 1.165) is 22.8 Å². The van der Waals surface area contributed by atoms with E-state index in [9.17, 15) is 0 Å². The first kappa shape index (κ1) is 11.2. The molecule has 1 atom stereocenters. The molecule has 0 saturated carbocycles. The molecule has 0 radical (unpaired) electrons. The van der Waals surface area contributed by atoms with Crippen molar-refractivity contribution in [1.82, 2.24) is 24.4 Å². The molecular formula is C9H14N6S. The molecule has 2 N–H and O–H groups in total. The smallest absolute Gasteiger partial charge is 0.138 e. The lowest BCUT2D eigenvalue weighted by molar-refractivity contribution is 0.631. The van der Waals surface area contributed by atoms with E-state index in [-0.39, 0.29) is 6.04 Å². The Labute approximate surface area is 97.7 Å². The van der Waals surface area contributed by atoms with Gasteiger partial charge < -0.3 is 5.73 Å². The van der Waals surface area contributed by atoms with Gasteiger partial charge in [0.1, 0.15) is 12.2 Å². The molecule has 7 heteroatoms. The lowest BCUT2D eigenvalue weighted by atomic mass is 10.1. The lowest BCUT2D eigenvalue weighted by Crippen LogP contribution is -2.16. The van der Waals surface area contributed by atoms with Gasteiger partial charge in [0, 0.05) is 19.5 Å². The van der Waals surface area contributed by atoms with Crippen LogP contribution in [0.3, 0.4) is 0 Å². The maximum absolute atomic E-state index is 6.13. The van der Waals surface area contributed by atoms with Crippen molar-refractivity contribution in [3.05, 3.63) is 22.7 Å². The highest BCUT2D eigenvalue weighted by Crippen LogP contribution is 2.21. The van der Waals surface area contributed by atoms with Gasteiger partial charge in [-0.15, -0.1) is 5.10 Å². The molecule has 6 nitrogen and oxygen atoms in total. The summed E-state index contributed by atoms with van der Waals surface area (Å²) in [4.78, 5) is 5.20. The molecule has 0 aliphatic rings. The summed E-state index contributed by atoms with van der Waals surface area (Å²) in [6.07, 6.45) is 3.05. The number of hydrogen-bond donors (Lipinski definition) is 1. The molecule has 0 aliphatic heterocycles. The average Bonchev–Trinajstić information content (AvgIpc) is 2.87. The standard InChI is InChI=1S/C9H14N6S/c1-3-7-9(16-14-13-7)6(10)4-8-11-5-12-15(8)2/h5-6H,3-4,10H2,1-2H3. The van der Waals surface area contributed by atoms with Crippen LogP contribution in [0.4, 0.5) is 0 Å². The first-order chi connectivity index (χ1) is 7.72. The second kappa shape index (κ2) is 4.67. The zero-order chi connectivity index (χ0) is 11.5. The summed E-state index contributed by atoms with van der Waals surface area (Å²) in [5.41, 5.74) is 7.11. The minimum absolute atomic E-state index is 0.0992. The minimum Gasteiger partial charge on any atom is -0.323 e. The summed E-state index contributed by atoms with van der Waals surface area (Å²) in [5.74, 6) is 0.878. The van der Waals surface area contributed by atoms with Crippen LogP contribution in [0, 0.1) is 0 Å². The summed E-state index contributed by atoms with van der Waals surface area (Å²) >= 11 is 1.37. The van der Waals surface area contributed by atoms with E-state index in [4.69, 9.17) is 5.73 Å². The van der Waals surface area contributed by atoms with Crippen LogP contribution in [0.5, 0.6) is 0 Å². The summed E-state index contributed by atoms with van der Waals surface area (Å²) in [6.45, 7) is 2.05. The number of hydrogen-bond acceptors (Lipinski definition) is 6. The third-order valence-corrected chi connectivity index (χ3v) is 3.36. The molecule has 0 spiro atoms. The molecule has 2 heterocycles. The largest absolute Gasteiger partial charge is 0.323 e. The quantitative estimate of drug-likeness (QED) is 0.837. The van der Waals surface area contributed by atoms with Gasteiger partial charge in [-0.25, -0.2) is 4.98 Å². The van der Waals surface area contributed by atoms with Crippen LogP contribution in [0.25, 0.3) is 0 Å². The normalized spacial score (nSPS) is 12.9. The SMILES string of the molecule is CCc1nnsc1C(N)Cc1ncnn1C. The molecule has 0 saturated heterocycles. The van der Waals surface area contributed by atoms with Gasteiger partial charge in [-0.3, -0.25) is 4.68 Å². The van der Waals surface area contributed by atoms with E-state index < -0.39 is 0 Å². The van der Waals surface area contributed by atoms with Crippen molar-refractivity contribution < 1.29 is 0 Å². The second-order valence-corrected chi connectivity index (χ2v) is 4.33. The van der Waals surface area contributed by atoms with Crippen LogP contribution in [-0.4, -0.2) is 24.4 Å². The van der Waals surface area contributed by atoms with Crippen molar-refractivity contribution in [2.45, 2.75) is 25.8 Å². The van der Waals surface area contributed by atoms with E-state index in [2.05, 4.69) is 26.6 Å². The molecule has 1 unspecified atom stereocenters. The molecule has 2 aromatic heterocycles. The minimum atomic E-state index is -0.0992. The summed E-state index contributed by atoms with van der Waals surface area (Å²) < 4.78 is 5.67. The third kappa shape index (κ3) is 2.10. The average molecular weight is 238 g/mol. The van der Waals surface area contributed by atoms with Crippen LogP contribution in [-0.2, 0) is 19.9 Å². The van der Waals surface area contributed by atoms with E-state index >= 15 is 0 Å². The van der Waals surface area contributed by atoms with Gasteiger partial charge in [0.05, 0.1) is 10.6 Å². The van der Waals surface area contributed by atoms with Crippen LogP contribution in [0.1, 0.15) is 29.4 Å². The molecule has 0 aliphatic carbocycles. The number of nitrogens with two attached hydrogens (primary N) is 1. The number of rotatable bonds is 4. The van der Waals surface area contributed by atoms with E-state index in [0.29, 0.717) is 6.42 Å². The van der Waals surface area contributed by atoms with Gasteiger partial charge in [0.15, 0.2) is 0 Å². The Morgan fingerprint density at radius 3 is 3.00 bits per heavy atom. The fraction of sp³-hybridized carbons (Fsp3) is 0.556.